The normalized spacial score (nSPS) is 11.1. The quantitative estimate of drug-likeness (QED) is 0.660. The smallest absolute Gasteiger partial charge is 0.263 e. The lowest BCUT2D eigenvalue weighted by Crippen LogP contribution is -1.96. The molecule has 0 atom stereocenters. The van der Waals surface area contributed by atoms with Crippen molar-refractivity contribution in [2.75, 3.05) is 0 Å². The largest absolute Gasteiger partial charge is 0.457 e. The summed E-state index contributed by atoms with van der Waals surface area (Å²) in [5.41, 5.74) is 1.86. The molecule has 0 amide bonds. The highest BCUT2D eigenvalue weighted by Gasteiger charge is 2.18. The van der Waals surface area contributed by atoms with Crippen LogP contribution >= 0.6 is 0 Å². The van der Waals surface area contributed by atoms with Crippen LogP contribution < -0.4 is 0 Å². The fourth-order valence-corrected chi connectivity index (χ4v) is 2.09. The number of rotatable bonds is 3. The number of fused-ring (bicyclic) bond motifs is 1. The van der Waals surface area contributed by atoms with Gasteiger partial charge in [0, 0.05) is 11.8 Å². The molecule has 0 spiro atoms. The SMILES string of the molecule is CCc1ccc(C(=O)c2cc3cc(C)ccc3o2)o1. The maximum absolute atomic E-state index is 12.2. The van der Waals surface area contributed by atoms with Gasteiger partial charge in [-0.3, -0.25) is 4.79 Å². The zero-order valence-corrected chi connectivity index (χ0v) is 10.9. The summed E-state index contributed by atoms with van der Waals surface area (Å²) < 4.78 is 11.0. The van der Waals surface area contributed by atoms with Crippen molar-refractivity contribution in [3.63, 3.8) is 0 Å². The van der Waals surface area contributed by atoms with Gasteiger partial charge in [-0.2, -0.15) is 0 Å². The zero-order chi connectivity index (χ0) is 13.4. The van der Waals surface area contributed by atoms with E-state index >= 15 is 0 Å². The molecule has 0 aliphatic heterocycles. The van der Waals surface area contributed by atoms with Crippen LogP contribution in [0.3, 0.4) is 0 Å². The van der Waals surface area contributed by atoms with E-state index in [0.29, 0.717) is 11.5 Å². The van der Waals surface area contributed by atoms with Crippen molar-refractivity contribution in [1.82, 2.24) is 0 Å². The summed E-state index contributed by atoms with van der Waals surface area (Å²) in [6.07, 6.45) is 0.770. The first kappa shape index (κ1) is 11.8. The minimum Gasteiger partial charge on any atom is -0.457 e. The van der Waals surface area contributed by atoms with Gasteiger partial charge in [-0.1, -0.05) is 18.6 Å². The van der Waals surface area contributed by atoms with Gasteiger partial charge in [0.25, 0.3) is 5.78 Å². The Morgan fingerprint density at radius 1 is 1.05 bits per heavy atom. The molecule has 0 aliphatic rings. The van der Waals surface area contributed by atoms with Crippen molar-refractivity contribution in [2.45, 2.75) is 20.3 Å². The van der Waals surface area contributed by atoms with Crippen LogP contribution in [-0.4, -0.2) is 5.78 Å². The van der Waals surface area contributed by atoms with Crippen molar-refractivity contribution < 1.29 is 13.6 Å². The van der Waals surface area contributed by atoms with E-state index in [0.717, 1.165) is 28.7 Å². The molecule has 1 aromatic carbocycles. The van der Waals surface area contributed by atoms with E-state index in [2.05, 4.69) is 0 Å². The molecule has 0 unspecified atom stereocenters. The first-order valence-corrected chi connectivity index (χ1v) is 6.31. The Morgan fingerprint density at radius 3 is 2.63 bits per heavy atom. The number of benzene rings is 1. The van der Waals surface area contributed by atoms with E-state index in [1.807, 2.05) is 38.1 Å². The molecule has 96 valence electrons. The second-order valence-electron chi connectivity index (χ2n) is 4.60. The van der Waals surface area contributed by atoms with Gasteiger partial charge in [0.1, 0.15) is 11.3 Å². The minimum atomic E-state index is -0.214. The zero-order valence-electron chi connectivity index (χ0n) is 10.9. The van der Waals surface area contributed by atoms with Crippen LogP contribution in [0.1, 0.15) is 34.6 Å². The van der Waals surface area contributed by atoms with Gasteiger partial charge in [-0.05, 0) is 37.3 Å². The fourth-order valence-electron chi connectivity index (χ4n) is 2.09. The molecule has 3 rings (SSSR count). The molecule has 0 bridgehead atoms. The Hall–Kier alpha value is -2.29. The Bertz CT molecular complexity index is 746. The maximum Gasteiger partial charge on any atom is 0.263 e. The van der Waals surface area contributed by atoms with Gasteiger partial charge < -0.3 is 8.83 Å². The Morgan fingerprint density at radius 2 is 1.89 bits per heavy atom. The van der Waals surface area contributed by atoms with Crippen LogP contribution in [0.15, 0.2) is 45.2 Å². The highest BCUT2D eigenvalue weighted by Crippen LogP contribution is 2.23. The summed E-state index contributed by atoms with van der Waals surface area (Å²) in [5.74, 6) is 1.23. The van der Waals surface area contributed by atoms with Crippen molar-refractivity contribution in [3.8, 4) is 0 Å². The Balaban J connectivity index is 2.01. The number of carbonyl (C=O) groups is 1. The average molecular weight is 254 g/mol. The van der Waals surface area contributed by atoms with Crippen molar-refractivity contribution in [2.24, 2.45) is 0 Å². The molecule has 0 radical (unpaired) electrons. The van der Waals surface area contributed by atoms with Crippen LogP contribution in [0.25, 0.3) is 11.0 Å². The van der Waals surface area contributed by atoms with Gasteiger partial charge in [-0.15, -0.1) is 0 Å². The second-order valence-corrected chi connectivity index (χ2v) is 4.60. The molecule has 2 aromatic heterocycles. The van der Waals surface area contributed by atoms with Crippen LogP contribution in [-0.2, 0) is 6.42 Å². The van der Waals surface area contributed by atoms with Crippen molar-refractivity contribution in [1.29, 1.82) is 0 Å². The molecule has 3 nitrogen and oxygen atoms in total. The third-order valence-electron chi connectivity index (χ3n) is 3.13. The van der Waals surface area contributed by atoms with Crippen LogP contribution in [0.5, 0.6) is 0 Å². The molecule has 0 fully saturated rings. The van der Waals surface area contributed by atoms with Gasteiger partial charge in [0.15, 0.2) is 11.5 Å². The number of furan rings is 2. The molecule has 0 saturated heterocycles. The van der Waals surface area contributed by atoms with Crippen molar-refractivity contribution in [3.05, 3.63) is 59.2 Å². The summed E-state index contributed by atoms with van der Waals surface area (Å²) in [6.45, 7) is 3.99. The number of hydrogen-bond donors (Lipinski definition) is 0. The van der Waals surface area contributed by atoms with Gasteiger partial charge in [-0.25, -0.2) is 0 Å². The first-order chi connectivity index (χ1) is 9.17. The topological polar surface area (TPSA) is 43.4 Å². The number of ketones is 1. The average Bonchev–Trinajstić information content (AvgIpc) is 3.03. The fraction of sp³-hybridized carbons (Fsp3) is 0.188. The molecule has 3 heteroatoms. The molecule has 0 saturated carbocycles. The van der Waals surface area contributed by atoms with E-state index in [4.69, 9.17) is 8.83 Å². The molecule has 0 aliphatic carbocycles. The highest BCUT2D eigenvalue weighted by molar-refractivity contribution is 6.07. The van der Waals surface area contributed by atoms with Crippen LogP contribution in [0, 0.1) is 6.92 Å². The number of hydrogen-bond acceptors (Lipinski definition) is 3. The van der Waals surface area contributed by atoms with Gasteiger partial charge >= 0.3 is 0 Å². The van der Waals surface area contributed by atoms with E-state index < -0.39 is 0 Å². The molecular weight excluding hydrogens is 240 g/mol. The first-order valence-electron chi connectivity index (χ1n) is 6.31. The monoisotopic (exact) mass is 254 g/mol. The molecule has 2 heterocycles. The van der Waals surface area contributed by atoms with Crippen LogP contribution in [0.4, 0.5) is 0 Å². The van der Waals surface area contributed by atoms with Crippen LogP contribution in [0.2, 0.25) is 0 Å². The summed E-state index contributed by atoms with van der Waals surface area (Å²) >= 11 is 0. The lowest BCUT2D eigenvalue weighted by atomic mass is 10.1. The second kappa shape index (κ2) is 4.43. The van der Waals surface area contributed by atoms with E-state index in [1.54, 1.807) is 12.1 Å². The molecule has 3 aromatic rings. The summed E-state index contributed by atoms with van der Waals surface area (Å²) in [6, 6.07) is 11.1. The molecule has 0 N–H and O–H groups in total. The third kappa shape index (κ3) is 2.08. The maximum atomic E-state index is 12.2. The third-order valence-corrected chi connectivity index (χ3v) is 3.13. The Kier molecular flexibility index (Phi) is 2.75. The number of aryl methyl sites for hydroxylation is 2. The molecule has 19 heavy (non-hydrogen) atoms. The Labute approximate surface area is 110 Å². The lowest BCUT2D eigenvalue weighted by molar-refractivity contribution is 0.0983. The van der Waals surface area contributed by atoms with Gasteiger partial charge in [0.05, 0.1) is 0 Å². The summed E-state index contributed by atoms with van der Waals surface area (Å²) in [4.78, 5) is 12.2. The van der Waals surface area contributed by atoms with Gasteiger partial charge in [0.2, 0.25) is 0 Å². The minimum absolute atomic E-state index is 0.214. The number of carbonyl (C=O) groups excluding carboxylic acids is 1. The highest BCUT2D eigenvalue weighted by atomic mass is 16.4. The van der Waals surface area contributed by atoms with Crippen molar-refractivity contribution >= 4 is 16.8 Å². The lowest BCUT2D eigenvalue weighted by Gasteiger charge is -1.92. The standard InChI is InChI=1S/C16H14O3/c1-3-12-5-7-14(18-12)16(17)15-9-11-8-10(2)4-6-13(11)19-15/h4-9H,3H2,1-2H3. The molecular formula is C16H14O3. The summed E-state index contributed by atoms with van der Waals surface area (Å²) in [7, 11) is 0. The van der Waals surface area contributed by atoms with E-state index in [9.17, 15) is 4.79 Å². The predicted molar refractivity (Wildman–Crippen MR) is 72.5 cm³/mol. The van der Waals surface area contributed by atoms with E-state index in [1.165, 1.54) is 0 Å². The summed E-state index contributed by atoms with van der Waals surface area (Å²) in [5, 5.41) is 0.936. The van der Waals surface area contributed by atoms with E-state index in [-0.39, 0.29) is 5.78 Å². The predicted octanol–water partition coefficient (Wildman–Crippen LogP) is 4.13.